The van der Waals surface area contributed by atoms with E-state index in [2.05, 4.69) is 17.4 Å². The first kappa shape index (κ1) is 13.3. The molecule has 1 aromatic carbocycles. The van der Waals surface area contributed by atoms with Crippen LogP contribution in [0, 0.1) is 5.92 Å². The van der Waals surface area contributed by atoms with Crippen LogP contribution in [0.4, 0.5) is 5.69 Å². The molecule has 0 bridgehead atoms. The van der Waals surface area contributed by atoms with Crippen molar-refractivity contribution in [1.82, 2.24) is 0 Å². The third-order valence-corrected chi connectivity index (χ3v) is 3.73. The Labute approximate surface area is 111 Å². The molecule has 1 N–H and O–H groups in total. The van der Waals surface area contributed by atoms with Crippen molar-refractivity contribution in [2.75, 3.05) is 18.5 Å². The summed E-state index contributed by atoms with van der Waals surface area (Å²) >= 11 is 0. The molecule has 2 heteroatoms. The fourth-order valence-electron chi connectivity index (χ4n) is 2.67. The molecule has 0 atom stereocenters. The van der Waals surface area contributed by atoms with Crippen molar-refractivity contribution in [2.24, 2.45) is 5.92 Å². The molecule has 0 radical (unpaired) electrons. The molecule has 0 saturated heterocycles. The van der Waals surface area contributed by atoms with E-state index < -0.39 is 0 Å². The minimum atomic E-state index is 0.731. The van der Waals surface area contributed by atoms with Crippen LogP contribution in [0.1, 0.15) is 45.4 Å². The molecule has 0 aromatic heterocycles. The maximum Gasteiger partial charge on any atom is 0.119 e. The summed E-state index contributed by atoms with van der Waals surface area (Å²) in [4.78, 5) is 0. The monoisotopic (exact) mass is 247 g/mol. The minimum Gasteiger partial charge on any atom is -0.494 e. The van der Waals surface area contributed by atoms with E-state index in [-0.39, 0.29) is 0 Å². The van der Waals surface area contributed by atoms with Gasteiger partial charge in [0.2, 0.25) is 0 Å². The zero-order chi connectivity index (χ0) is 12.6. The van der Waals surface area contributed by atoms with Crippen molar-refractivity contribution in [3.8, 4) is 5.75 Å². The molecule has 2 nitrogen and oxygen atoms in total. The lowest BCUT2D eigenvalue weighted by Gasteiger charge is -2.16. The average Bonchev–Trinajstić information content (AvgIpc) is 2.67. The number of nitrogens with one attached hydrogen (secondary N) is 1. The number of anilines is 1. The first-order valence-electron chi connectivity index (χ1n) is 7.35. The summed E-state index contributed by atoms with van der Waals surface area (Å²) in [7, 11) is 0. The number of ether oxygens (including phenoxy) is 1. The van der Waals surface area contributed by atoms with Crippen molar-refractivity contribution in [3.05, 3.63) is 24.3 Å². The molecule has 0 heterocycles. The smallest absolute Gasteiger partial charge is 0.119 e. The Bertz CT molecular complexity index is 325. The Kier molecular flexibility index (Phi) is 5.37. The molecule has 1 fully saturated rings. The van der Waals surface area contributed by atoms with E-state index in [0.717, 1.165) is 24.8 Å². The Morgan fingerprint density at radius 3 is 2.33 bits per heavy atom. The second-order valence-corrected chi connectivity index (χ2v) is 5.20. The van der Waals surface area contributed by atoms with Gasteiger partial charge in [-0.15, -0.1) is 0 Å². The highest BCUT2D eigenvalue weighted by molar-refractivity contribution is 5.46. The summed E-state index contributed by atoms with van der Waals surface area (Å²) in [5.41, 5.74) is 1.21. The Morgan fingerprint density at radius 2 is 1.72 bits per heavy atom. The minimum absolute atomic E-state index is 0.731. The van der Waals surface area contributed by atoms with E-state index in [1.165, 1.54) is 44.2 Å². The molecule has 0 amide bonds. The summed E-state index contributed by atoms with van der Waals surface area (Å²) in [6.07, 6.45) is 8.47. The van der Waals surface area contributed by atoms with Crippen molar-refractivity contribution in [1.29, 1.82) is 0 Å². The van der Waals surface area contributed by atoms with Crippen molar-refractivity contribution in [2.45, 2.75) is 45.4 Å². The van der Waals surface area contributed by atoms with E-state index in [1.54, 1.807) is 0 Å². The molecule has 1 aromatic rings. The van der Waals surface area contributed by atoms with Crippen LogP contribution in [0.2, 0.25) is 0 Å². The van der Waals surface area contributed by atoms with Gasteiger partial charge in [0, 0.05) is 12.2 Å². The van der Waals surface area contributed by atoms with Gasteiger partial charge in [-0.3, -0.25) is 0 Å². The summed E-state index contributed by atoms with van der Waals surface area (Å²) in [6.45, 7) is 3.86. The second kappa shape index (κ2) is 7.30. The summed E-state index contributed by atoms with van der Waals surface area (Å²) in [5.74, 6) is 1.82. The lowest BCUT2D eigenvalue weighted by atomic mass is 10.0. The van der Waals surface area contributed by atoms with Crippen molar-refractivity contribution >= 4 is 5.69 Å². The highest BCUT2D eigenvalue weighted by Gasteiger charge is 2.11. The quantitative estimate of drug-likeness (QED) is 0.775. The molecule has 100 valence electrons. The zero-order valence-corrected chi connectivity index (χ0v) is 11.5. The van der Waals surface area contributed by atoms with Crippen LogP contribution in [-0.4, -0.2) is 13.2 Å². The van der Waals surface area contributed by atoms with Gasteiger partial charge < -0.3 is 10.1 Å². The molecular weight excluding hydrogens is 222 g/mol. The standard InChI is InChI=1S/C16H25NO/c1-2-18-16-11-9-15(10-12-16)17-13-14-7-5-3-4-6-8-14/h9-12,14,17H,2-8,13H2,1H3. The molecule has 1 aliphatic rings. The molecule has 1 aliphatic carbocycles. The van der Waals surface area contributed by atoms with Crippen molar-refractivity contribution < 1.29 is 4.74 Å². The average molecular weight is 247 g/mol. The van der Waals surface area contributed by atoms with E-state index in [0.29, 0.717) is 0 Å². The number of benzene rings is 1. The van der Waals surface area contributed by atoms with E-state index in [9.17, 15) is 0 Å². The summed E-state index contributed by atoms with van der Waals surface area (Å²) in [5, 5.41) is 3.56. The number of hydrogen-bond donors (Lipinski definition) is 1. The lowest BCUT2D eigenvalue weighted by Crippen LogP contribution is -2.13. The molecule has 18 heavy (non-hydrogen) atoms. The fourth-order valence-corrected chi connectivity index (χ4v) is 2.67. The Balaban J connectivity index is 1.78. The van der Waals surface area contributed by atoms with Crippen LogP contribution in [0.5, 0.6) is 5.75 Å². The first-order chi connectivity index (χ1) is 8.88. The second-order valence-electron chi connectivity index (χ2n) is 5.20. The highest BCUT2D eigenvalue weighted by Crippen LogP contribution is 2.23. The molecule has 0 unspecified atom stereocenters. The van der Waals surface area contributed by atoms with Crippen LogP contribution in [-0.2, 0) is 0 Å². The molecule has 1 saturated carbocycles. The summed E-state index contributed by atoms with van der Waals surface area (Å²) < 4.78 is 5.44. The number of rotatable bonds is 5. The number of hydrogen-bond acceptors (Lipinski definition) is 2. The maximum absolute atomic E-state index is 5.44. The largest absolute Gasteiger partial charge is 0.494 e. The molecule has 0 aliphatic heterocycles. The first-order valence-corrected chi connectivity index (χ1v) is 7.35. The topological polar surface area (TPSA) is 21.3 Å². The van der Waals surface area contributed by atoms with E-state index >= 15 is 0 Å². The van der Waals surface area contributed by atoms with Crippen LogP contribution < -0.4 is 10.1 Å². The van der Waals surface area contributed by atoms with E-state index in [1.807, 2.05) is 19.1 Å². The van der Waals surface area contributed by atoms with Gasteiger partial charge in [-0.25, -0.2) is 0 Å². The SMILES string of the molecule is CCOc1ccc(NCC2CCCCCC2)cc1. The third kappa shape index (κ3) is 4.25. The van der Waals surface area contributed by atoms with Crippen LogP contribution in [0.25, 0.3) is 0 Å². The van der Waals surface area contributed by atoms with Crippen LogP contribution in [0.15, 0.2) is 24.3 Å². The van der Waals surface area contributed by atoms with E-state index in [4.69, 9.17) is 4.74 Å². The predicted octanol–water partition coefficient (Wildman–Crippen LogP) is 4.47. The Morgan fingerprint density at radius 1 is 1.06 bits per heavy atom. The normalized spacial score (nSPS) is 17.2. The van der Waals surface area contributed by atoms with Gasteiger partial charge in [0.15, 0.2) is 0 Å². The highest BCUT2D eigenvalue weighted by atomic mass is 16.5. The molecule has 0 spiro atoms. The van der Waals surface area contributed by atoms with Gasteiger partial charge in [-0.05, 0) is 49.9 Å². The van der Waals surface area contributed by atoms with Gasteiger partial charge >= 0.3 is 0 Å². The Hall–Kier alpha value is -1.18. The van der Waals surface area contributed by atoms with Gasteiger partial charge in [-0.2, -0.15) is 0 Å². The van der Waals surface area contributed by atoms with Gasteiger partial charge in [-0.1, -0.05) is 25.7 Å². The predicted molar refractivity (Wildman–Crippen MR) is 77.3 cm³/mol. The fraction of sp³-hybridized carbons (Fsp3) is 0.625. The van der Waals surface area contributed by atoms with Crippen LogP contribution >= 0.6 is 0 Å². The molecule has 2 rings (SSSR count). The van der Waals surface area contributed by atoms with Crippen molar-refractivity contribution in [3.63, 3.8) is 0 Å². The molecular formula is C16H25NO. The summed E-state index contributed by atoms with van der Waals surface area (Å²) in [6, 6.07) is 8.31. The van der Waals surface area contributed by atoms with Gasteiger partial charge in [0.1, 0.15) is 5.75 Å². The zero-order valence-electron chi connectivity index (χ0n) is 11.5. The maximum atomic E-state index is 5.44. The lowest BCUT2D eigenvalue weighted by molar-refractivity contribution is 0.340. The third-order valence-electron chi connectivity index (χ3n) is 3.73. The van der Waals surface area contributed by atoms with Gasteiger partial charge in [0.05, 0.1) is 6.61 Å². The van der Waals surface area contributed by atoms with Crippen LogP contribution in [0.3, 0.4) is 0 Å². The van der Waals surface area contributed by atoms with Gasteiger partial charge in [0.25, 0.3) is 0 Å².